The first-order valence-corrected chi connectivity index (χ1v) is 5.22. The lowest BCUT2D eigenvalue weighted by atomic mass is 10.1. The van der Waals surface area contributed by atoms with Crippen LogP contribution in [0.4, 0.5) is 13.2 Å². The monoisotopic (exact) mass is 302 g/mol. The number of ether oxygens (including phenoxy) is 1. The summed E-state index contributed by atoms with van der Waals surface area (Å²) in [6, 6.07) is 2.44. The van der Waals surface area contributed by atoms with Crippen LogP contribution in [-0.2, 0) is 12.1 Å². The summed E-state index contributed by atoms with van der Waals surface area (Å²) < 4.78 is 42.9. The summed E-state index contributed by atoms with van der Waals surface area (Å²) in [6.45, 7) is 0. The van der Waals surface area contributed by atoms with Gasteiger partial charge in [0.25, 0.3) is 0 Å². The quantitative estimate of drug-likeness (QED) is 0.744. The molecule has 0 unspecified atom stereocenters. The lowest BCUT2D eigenvalue weighted by Gasteiger charge is -2.15. The minimum atomic E-state index is -4.43. The molecule has 1 rings (SSSR count). The maximum Gasteiger partial charge on any atom is 0.416 e. The predicted molar refractivity (Wildman–Crippen MR) is 55.3 cm³/mol. The van der Waals surface area contributed by atoms with E-state index in [0.29, 0.717) is 4.47 Å². The Morgan fingerprint density at radius 3 is 2.40 bits per heavy atom. The molecular weight excluding hydrogens is 296 g/mol. The second-order valence-corrected chi connectivity index (χ2v) is 3.95. The van der Waals surface area contributed by atoms with E-state index in [1.165, 1.54) is 13.2 Å². The van der Waals surface area contributed by atoms with Crippen LogP contribution in [0.1, 0.15) is 11.1 Å². The van der Waals surface area contributed by atoms with Crippen molar-refractivity contribution >= 4 is 27.5 Å². The SMILES string of the molecule is COc1cc(Br)cc(C(F)(F)F)c1CCl. The summed E-state index contributed by atoms with van der Waals surface area (Å²) in [7, 11) is 1.30. The fourth-order valence-corrected chi connectivity index (χ4v) is 1.90. The Morgan fingerprint density at radius 2 is 2.00 bits per heavy atom. The number of rotatable bonds is 2. The fraction of sp³-hybridized carbons (Fsp3) is 0.333. The van der Waals surface area contributed by atoms with Crippen LogP contribution < -0.4 is 4.74 Å². The molecule has 15 heavy (non-hydrogen) atoms. The molecular formula is C9H7BrClF3O. The molecule has 1 nitrogen and oxygen atoms in total. The van der Waals surface area contributed by atoms with E-state index < -0.39 is 11.7 Å². The zero-order valence-corrected chi connectivity index (χ0v) is 10.0. The topological polar surface area (TPSA) is 9.23 Å². The van der Waals surface area contributed by atoms with Crippen LogP contribution in [0, 0.1) is 0 Å². The average Bonchev–Trinajstić information content (AvgIpc) is 2.15. The second kappa shape index (κ2) is 4.61. The molecule has 0 bridgehead atoms. The standard InChI is InChI=1S/C9H7BrClF3O/c1-15-8-3-5(10)2-7(6(8)4-11)9(12,13)14/h2-3H,4H2,1H3. The maximum absolute atomic E-state index is 12.6. The molecule has 1 aromatic rings. The largest absolute Gasteiger partial charge is 0.496 e. The highest BCUT2D eigenvalue weighted by molar-refractivity contribution is 9.10. The van der Waals surface area contributed by atoms with E-state index in [1.54, 1.807) is 0 Å². The average molecular weight is 304 g/mol. The van der Waals surface area contributed by atoms with Gasteiger partial charge in [0.15, 0.2) is 0 Å². The summed E-state index contributed by atoms with van der Waals surface area (Å²) >= 11 is 8.47. The van der Waals surface area contributed by atoms with E-state index in [2.05, 4.69) is 15.9 Å². The molecule has 0 heterocycles. The van der Waals surface area contributed by atoms with Crippen molar-refractivity contribution in [2.45, 2.75) is 12.1 Å². The maximum atomic E-state index is 12.6. The van der Waals surface area contributed by atoms with Gasteiger partial charge in [-0.25, -0.2) is 0 Å². The van der Waals surface area contributed by atoms with E-state index in [0.717, 1.165) is 6.07 Å². The number of alkyl halides is 4. The Bertz CT molecular complexity index is 365. The number of halogens is 5. The number of methoxy groups -OCH3 is 1. The second-order valence-electron chi connectivity index (χ2n) is 2.77. The Labute approximate surface area is 98.3 Å². The van der Waals surface area contributed by atoms with Crippen LogP contribution >= 0.6 is 27.5 Å². The summed E-state index contributed by atoms with van der Waals surface area (Å²) in [5.74, 6) is -0.114. The zero-order chi connectivity index (χ0) is 11.6. The van der Waals surface area contributed by atoms with Gasteiger partial charge < -0.3 is 4.74 Å². The highest BCUT2D eigenvalue weighted by atomic mass is 79.9. The molecule has 0 fully saturated rings. The van der Waals surface area contributed by atoms with Crippen molar-refractivity contribution in [1.29, 1.82) is 0 Å². The third kappa shape index (κ3) is 2.78. The number of hydrogen-bond donors (Lipinski definition) is 0. The van der Waals surface area contributed by atoms with Gasteiger partial charge in [-0.15, -0.1) is 11.6 Å². The Hall–Kier alpha value is -0.420. The third-order valence-electron chi connectivity index (χ3n) is 1.83. The van der Waals surface area contributed by atoms with Crippen LogP contribution in [-0.4, -0.2) is 7.11 Å². The summed E-state index contributed by atoms with van der Waals surface area (Å²) in [5.41, 5.74) is -0.821. The van der Waals surface area contributed by atoms with Crippen molar-refractivity contribution in [3.8, 4) is 5.75 Å². The van der Waals surface area contributed by atoms with E-state index in [9.17, 15) is 13.2 Å². The van der Waals surface area contributed by atoms with Crippen LogP contribution in [0.5, 0.6) is 5.75 Å². The van der Waals surface area contributed by atoms with Crippen molar-refractivity contribution < 1.29 is 17.9 Å². The molecule has 0 atom stereocenters. The minimum Gasteiger partial charge on any atom is -0.496 e. The van der Waals surface area contributed by atoms with Crippen molar-refractivity contribution in [2.75, 3.05) is 7.11 Å². The van der Waals surface area contributed by atoms with Gasteiger partial charge in [0.1, 0.15) is 5.75 Å². The van der Waals surface area contributed by atoms with Gasteiger partial charge >= 0.3 is 6.18 Å². The van der Waals surface area contributed by atoms with Crippen LogP contribution in [0.25, 0.3) is 0 Å². The van der Waals surface area contributed by atoms with Gasteiger partial charge in [-0.1, -0.05) is 15.9 Å². The Kier molecular flexibility index (Phi) is 3.89. The molecule has 0 saturated heterocycles. The smallest absolute Gasteiger partial charge is 0.416 e. The van der Waals surface area contributed by atoms with Crippen molar-refractivity contribution in [2.24, 2.45) is 0 Å². The molecule has 0 N–H and O–H groups in total. The Balaban J connectivity index is 3.42. The molecule has 84 valence electrons. The summed E-state index contributed by atoms with van der Waals surface area (Å²) in [4.78, 5) is 0. The van der Waals surface area contributed by atoms with Gasteiger partial charge in [0.2, 0.25) is 0 Å². The zero-order valence-electron chi connectivity index (χ0n) is 7.66. The first kappa shape index (κ1) is 12.6. The van der Waals surface area contributed by atoms with E-state index in [1.807, 2.05) is 0 Å². The molecule has 0 aliphatic heterocycles. The molecule has 0 radical (unpaired) electrons. The van der Waals surface area contributed by atoms with Gasteiger partial charge in [0, 0.05) is 10.0 Å². The molecule has 0 spiro atoms. The molecule has 0 aromatic heterocycles. The number of benzene rings is 1. The predicted octanol–water partition coefficient (Wildman–Crippen LogP) is 4.22. The van der Waals surface area contributed by atoms with E-state index >= 15 is 0 Å². The van der Waals surface area contributed by atoms with E-state index in [-0.39, 0.29) is 17.2 Å². The van der Waals surface area contributed by atoms with Crippen LogP contribution in [0.2, 0.25) is 0 Å². The Morgan fingerprint density at radius 1 is 1.40 bits per heavy atom. The third-order valence-corrected chi connectivity index (χ3v) is 2.56. The van der Waals surface area contributed by atoms with E-state index in [4.69, 9.17) is 16.3 Å². The fourth-order valence-electron chi connectivity index (χ4n) is 1.18. The molecule has 0 amide bonds. The summed E-state index contributed by atoms with van der Waals surface area (Å²) in [5, 5.41) is 0. The molecule has 0 aliphatic rings. The van der Waals surface area contributed by atoms with Gasteiger partial charge in [-0.3, -0.25) is 0 Å². The molecule has 1 aromatic carbocycles. The lowest BCUT2D eigenvalue weighted by Crippen LogP contribution is -2.09. The highest BCUT2D eigenvalue weighted by Gasteiger charge is 2.34. The molecule has 6 heteroatoms. The molecule has 0 aliphatic carbocycles. The summed E-state index contributed by atoms with van der Waals surface area (Å²) in [6.07, 6.45) is -4.43. The van der Waals surface area contributed by atoms with Crippen LogP contribution in [0.15, 0.2) is 16.6 Å². The molecule has 0 saturated carbocycles. The van der Waals surface area contributed by atoms with Crippen molar-refractivity contribution in [1.82, 2.24) is 0 Å². The van der Waals surface area contributed by atoms with Crippen LogP contribution in [0.3, 0.4) is 0 Å². The number of hydrogen-bond acceptors (Lipinski definition) is 1. The van der Waals surface area contributed by atoms with Gasteiger partial charge in [-0.05, 0) is 12.1 Å². The minimum absolute atomic E-state index is 0.0464. The van der Waals surface area contributed by atoms with Crippen molar-refractivity contribution in [3.63, 3.8) is 0 Å². The lowest BCUT2D eigenvalue weighted by molar-refractivity contribution is -0.138. The first-order chi connectivity index (χ1) is 6.90. The first-order valence-electron chi connectivity index (χ1n) is 3.89. The van der Waals surface area contributed by atoms with Gasteiger partial charge in [-0.2, -0.15) is 13.2 Å². The highest BCUT2D eigenvalue weighted by Crippen LogP contribution is 2.39. The van der Waals surface area contributed by atoms with Gasteiger partial charge in [0.05, 0.1) is 18.6 Å². The normalized spacial score (nSPS) is 11.6. The van der Waals surface area contributed by atoms with Crippen molar-refractivity contribution in [3.05, 3.63) is 27.7 Å².